The van der Waals surface area contributed by atoms with Gasteiger partial charge in [-0.2, -0.15) is 0 Å². The summed E-state index contributed by atoms with van der Waals surface area (Å²) in [6, 6.07) is 7.81. The monoisotopic (exact) mass is 275 g/mol. The lowest BCUT2D eigenvalue weighted by Crippen LogP contribution is -2.31. The van der Waals surface area contributed by atoms with Crippen LogP contribution < -0.4 is 0 Å². The first-order valence-electron chi connectivity index (χ1n) is 4.79. The highest BCUT2D eigenvalue weighted by Crippen LogP contribution is 2.19. The maximum atomic E-state index is 11.5. The number of rotatable bonds is 4. The lowest BCUT2D eigenvalue weighted by Gasteiger charge is -2.21. The van der Waals surface area contributed by atoms with Gasteiger partial charge in [-0.25, -0.2) is 0 Å². The quantitative estimate of drug-likeness (QED) is 0.788. The molecular weight excluding hydrogens is 259 g/mol. The fourth-order valence-electron chi connectivity index (χ4n) is 1.34. The summed E-state index contributed by atoms with van der Waals surface area (Å²) in [5.41, 5.74) is 2.32. The zero-order valence-electron chi connectivity index (χ0n) is 9.09. The SMILES string of the molecule is Cc1ccc(CC(C(=O)OP)N(P)P)cc1. The van der Waals surface area contributed by atoms with Gasteiger partial charge in [0.2, 0.25) is 0 Å². The molecule has 0 N–H and O–H groups in total. The van der Waals surface area contributed by atoms with E-state index in [0.29, 0.717) is 6.42 Å². The van der Waals surface area contributed by atoms with Crippen molar-refractivity contribution in [1.29, 1.82) is 0 Å². The fourth-order valence-corrected chi connectivity index (χ4v) is 1.95. The van der Waals surface area contributed by atoms with Gasteiger partial charge < -0.3 is 4.52 Å². The van der Waals surface area contributed by atoms with Crippen LogP contribution in [-0.4, -0.2) is 16.5 Å². The van der Waals surface area contributed by atoms with Crippen LogP contribution in [0.25, 0.3) is 0 Å². The second-order valence-corrected chi connectivity index (χ2v) is 5.61. The number of aryl methyl sites for hydroxylation is 1. The molecule has 1 rings (SSSR count). The molecular formula is C10H16NO2P3. The van der Waals surface area contributed by atoms with Gasteiger partial charge in [-0.15, -0.1) is 0 Å². The van der Waals surface area contributed by atoms with Crippen LogP contribution in [0.1, 0.15) is 11.1 Å². The third-order valence-electron chi connectivity index (χ3n) is 2.30. The molecule has 0 radical (unpaired) electrons. The van der Waals surface area contributed by atoms with Crippen molar-refractivity contribution in [1.82, 2.24) is 4.44 Å². The predicted molar refractivity (Wildman–Crippen MR) is 75.7 cm³/mol. The minimum Gasteiger partial charge on any atom is -0.450 e. The summed E-state index contributed by atoms with van der Waals surface area (Å²) in [5, 5.41) is 0. The highest BCUT2D eigenvalue weighted by molar-refractivity contribution is 7.31. The smallest absolute Gasteiger partial charge is 0.326 e. The second-order valence-electron chi connectivity index (χ2n) is 3.59. The van der Waals surface area contributed by atoms with Gasteiger partial charge >= 0.3 is 5.97 Å². The van der Waals surface area contributed by atoms with E-state index in [9.17, 15) is 4.79 Å². The average Bonchev–Trinajstić information content (AvgIpc) is 2.27. The van der Waals surface area contributed by atoms with Gasteiger partial charge in [0.15, 0.2) is 0 Å². The third-order valence-corrected chi connectivity index (χ3v) is 3.25. The summed E-state index contributed by atoms with van der Waals surface area (Å²) in [6.45, 7) is 2.04. The molecule has 0 saturated heterocycles. The van der Waals surface area contributed by atoms with Crippen molar-refractivity contribution in [3.8, 4) is 0 Å². The zero-order valence-corrected chi connectivity index (χ0v) is 12.6. The minimum atomic E-state index is -0.310. The number of hydrogen-bond acceptors (Lipinski definition) is 3. The van der Waals surface area contributed by atoms with Crippen molar-refractivity contribution in [2.24, 2.45) is 0 Å². The molecule has 88 valence electrons. The summed E-state index contributed by atoms with van der Waals surface area (Å²) in [5.74, 6) is -0.268. The molecule has 1 aromatic rings. The van der Waals surface area contributed by atoms with E-state index in [1.165, 1.54) is 5.56 Å². The highest BCUT2D eigenvalue weighted by Gasteiger charge is 2.22. The number of carbonyl (C=O) groups is 1. The molecule has 4 atom stereocenters. The average molecular weight is 275 g/mol. The number of benzene rings is 1. The van der Waals surface area contributed by atoms with Crippen molar-refractivity contribution >= 4 is 34.2 Å². The molecule has 4 unspecified atom stereocenters. The first-order valence-corrected chi connectivity index (χ1v) is 6.29. The van der Waals surface area contributed by atoms with Gasteiger partial charge in [0.05, 0.1) is 9.47 Å². The molecule has 6 heteroatoms. The van der Waals surface area contributed by atoms with Crippen LogP contribution >= 0.6 is 28.2 Å². The summed E-state index contributed by atoms with van der Waals surface area (Å²) in [4.78, 5) is 11.5. The Morgan fingerprint density at radius 2 is 1.94 bits per heavy atom. The van der Waals surface area contributed by atoms with Crippen LogP contribution in [0.5, 0.6) is 0 Å². The molecule has 0 aromatic heterocycles. The number of hydrogen-bond donors (Lipinski definition) is 0. The van der Waals surface area contributed by atoms with E-state index in [-0.39, 0.29) is 12.0 Å². The minimum absolute atomic E-state index is 0.268. The summed E-state index contributed by atoms with van der Waals surface area (Å²) in [6.07, 6.45) is 0.626. The standard InChI is InChI=1S/C10H16NO2P3/c1-7-2-4-8(5-3-7)6-9(11(14)15)10(12)13-16/h2-5,9H,6,14-16H2,1H3. The Morgan fingerprint density at radius 1 is 1.38 bits per heavy atom. The lowest BCUT2D eigenvalue weighted by molar-refractivity contribution is -0.136. The molecule has 0 bridgehead atoms. The Labute approximate surface area is 103 Å². The van der Waals surface area contributed by atoms with E-state index in [4.69, 9.17) is 0 Å². The van der Waals surface area contributed by atoms with Crippen LogP contribution in [0.4, 0.5) is 0 Å². The van der Waals surface area contributed by atoms with Crippen molar-refractivity contribution in [2.75, 3.05) is 0 Å². The van der Waals surface area contributed by atoms with Crippen molar-refractivity contribution in [3.05, 3.63) is 35.4 Å². The van der Waals surface area contributed by atoms with Gasteiger partial charge in [-0.1, -0.05) is 48.6 Å². The Morgan fingerprint density at radius 3 is 2.38 bits per heavy atom. The number of carbonyl (C=O) groups excluding carboxylic acids is 1. The zero-order chi connectivity index (χ0) is 12.1. The molecule has 16 heavy (non-hydrogen) atoms. The maximum Gasteiger partial charge on any atom is 0.326 e. The molecule has 1 aromatic carbocycles. The van der Waals surface area contributed by atoms with Crippen LogP contribution in [-0.2, 0) is 15.7 Å². The molecule has 3 nitrogen and oxygen atoms in total. The molecule has 0 saturated carbocycles. The lowest BCUT2D eigenvalue weighted by atomic mass is 10.1. The number of nitrogens with zero attached hydrogens (tertiary/aromatic N) is 1. The van der Waals surface area contributed by atoms with Crippen molar-refractivity contribution in [2.45, 2.75) is 19.4 Å². The topological polar surface area (TPSA) is 29.5 Å². The Hall–Kier alpha value is -0.0600. The molecule has 0 aliphatic carbocycles. The first-order chi connectivity index (χ1) is 7.54. The van der Waals surface area contributed by atoms with Crippen LogP contribution in [0, 0.1) is 6.92 Å². The van der Waals surface area contributed by atoms with Gasteiger partial charge in [0.1, 0.15) is 6.04 Å². The van der Waals surface area contributed by atoms with E-state index < -0.39 is 0 Å². The van der Waals surface area contributed by atoms with E-state index in [1.54, 1.807) is 4.44 Å². The molecule has 0 amide bonds. The summed E-state index contributed by atoms with van der Waals surface area (Å²) < 4.78 is 6.38. The second kappa shape index (κ2) is 6.62. The molecule has 0 spiro atoms. The molecule has 0 aliphatic heterocycles. The third kappa shape index (κ3) is 4.07. The van der Waals surface area contributed by atoms with Gasteiger partial charge in [-0.05, 0) is 18.9 Å². The highest BCUT2D eigenvalue weighted by atomic mass is 31.1. The normalized spacial score (nSPS) is 12.6. The van der Waals surface area contributed by atoms with E-state index in [1.807, 2.05) is 40.7 Å². The fraction of sp³-hybridized carbons (Fsp3) is 0.300. The molecule has 0 aliphatic rings. The van der Waals surface area contributed by atoms with Crippen LogP contribution in [0.3, 0.4) is 0 Å². The summed E-state index contributed by atoms with van der Waals surface area (Å²) >= 11 is 0. The first kappa shape index (κ1) is 14.0. The predicted octanol–water partition coefficient (Wildman–Crippen LogP) is 2.12. The van der Waals surface area contributed by atoms with Gasteiger partial charge in [0.25, 0.3) is 0 Å². The van der Waals surface area contributed by atoms with Crippen molar-refractivity contribution in [3.63, 3.8) is 0 Å². The van der Waals surface area contributed by atoms with E-state index >= 15 is 0 Å². The van der Waals surface area contributed by atoms with Gasteiger partial charge in [-0.3, -0.25) is 9.24 Å². The Kier molecular flexibility index (Phi) is 5.79. The molecule has 0 fully saturated rings. The maximum absolute atomic E-state index is 11.5. The molecule has 0 heterocycles. The van der Waals surface area contributed by atoms with Gasteiger partial charge in [0, 0.05) is 0 Å². The Balaban J connectivity index is 2.75. The largest absolute Gasteiger partial charge is 0.450 e. The van der Waals surface area contributed by atoms with Crippen LogP contribution in [0.15, 0.2) is 24.3 Å². The van der Waals surface area contributed by atoms with Crippen LogP contribution in [0.2, 0.25) is 0 Å². The van der Waals surface area contributed by atoms with E-state index in [0.717, 1.165) is 5.56 Å². The van der Waals surface area contributed by atoms with E-state index in [2.05, 4.69) is 23.3 Å². The van der Waals surface area contributed by atoms with Crippen molar-refractivity contribution < 1.29 is 9.32 Å². The summed E-state index contributed by atoms with van der Waals surface area (Å²) in [7, 11) is 6.91. The Bertz CT molecular complexity index is 354.